The lowest BCUT2D eigenvalue weighted by atomic mass is 9.65. The third-order valence-corrected chi connectivity index (χ3v) is 13.8. The van der Waals surface area contributed by atoms with Gasteiger partial charge in [0.2, 0.25) is 0 Å². The summed E-state index contributed by atoms with van der Waals surface area (Å²) in [7, 11) is 0. The van der Waals surface area contributed by atoms with Crippen LogP contribution in [0.4, 0.5) is 17.6 Å². The molecule has 8 rings (SSSR count). The summed E-state index contributed by atoms with van der Waals surface area (Å²) in [5.41, 5.74) is 7.16. The number of nitrogens with one attached hydrogen (secondary N) is 1. The molecule has 4 aliphatic carbocycles. The standard InChI is InChI=1S/C25H31F2NO3.C22H26O2.C3H5F2NO2/c26-25(27,23(29)30)17-28-16-18-4-5-20-15-22(7-6-19(20)14-18)31-21-8-12-24(13-9-21)10-2-1-3-11-24;23-16-17-4-5-19-15-21(7-6-18(19)14-17)24-20-8-12-22(13-9-20)10-2-1-3-11-22;4-3(5,1-6)2(7)8/h4-7,14-15,21,28H,1-3,8-13,16-17H2,(H,29,30);4-7,14-16,20H,1-3,8-13H2;1,6H2,(H,7,8). The van der Waals surface area contributed by atoms with Crippen LogP contribution >= 0.6 is 0 Å². The number of ether oxygens (including phenoxy) is 2. The Bertz CT molecular complexity index is 2150. The van der Waals surface area contributed by atoms with Crippen molar-refractivity contribution >= 4 is 39.8 Å². The number of carbonyl (C=O) groups is 3. The minimum Gasteiger partial charge on any atom is -0.490 e. The van der Waals surface area contributed by atoms with Crippen molar-refractivity contribution in [3.05, 3.63) is 83.9 Å². The van der Waals surface area contributed by atoms with E-state index in [-0.39, 0.29) is 12.6 Å². The first-order valence-corrected chi connectivity index (χ1v) is 22.6. The first-order chi connectivity index (χ1) is 30.1. The summed E-state index contributed by atoms with van der Waals surface area (Å²) in [5, 5.41) is 22.9. The number of carboxylic acid groups (broad SMARTS) is 2. The van der Waals surface area contributed by atoms with E-state index in [1.54, 1.807) is 0 Å². The van der Waals surface area contributed by atoms with Crippen molar-refractivity contribution in [3.8, 4) is 11.5 Å². The first kappa shape index (κ1) is 47.7. The monoisotopic (exact) mass is 878 g/mol. The minimum atomic E-state index is -3.77. The maximum atomic E-state index is 13.2. The molecule has 4 aromatic carbocycles. The van der Waals surface area contributed by atoms with Crippen molar-refractivity contribution in [1.82, 2.24) is 5.32 Å². The third kappa shape index (κ3) is 13.2. The van der Waals surface area contributed by atoms with Crippen LogP contribution in [0.15, 0.2) is 72.8 Å². The van der Waals surface area contributed by atoms with E-state index < -0.39 is 36.9 Å². The molecule has 5 N–H and O–H groups in total. The molecule has 4 aliphatic rings. The topological polar surface area (TPSA) is 148 Å². The molecule has 4 aromatic rings. The Morgan fingerprint density at radius 1 is 0.619 bits per heavy atom. The molecule has 13 heteroatoms. The van der Waals surface area contributed by atoms with Gasteiger partial charge in [-0.3, -0.25) is 4.79 Å². The van der Waals surface area contributed by atoms with Crippen LogP contribution in [-0.4, -0.2) is 65.6 Å². The van der Waals surface area contributed by atoms with Gasteiger partial charge in [-0.1, -0.05) is 74.9 Å². The molecule has 0 unspecified atom stereocenters. The Labute approximate surface area is 367 Å². The Balaban J connectivity index is 0.000000183. The zero-order valence-electron chi connectivity index (χ0n) is 36.0. The number of benzene rings is 4. The van der Waals surface area contributed by atoms with E-state index in [4.69, 9.17) is 19.7 Å². The van der Waals surface area contributed by atoms with Crippen LogP contribution in [0.5, 0.6) is 11.5 Å². The second-order valence-corrected chi connectivity index (χ2v) is 18.3. The first-order valence-electron chi connectivity index (χ1n) is 22.6. The van der Waals surface area contributed by atoms with Crippen molar-refractivity contribution in [2.75, 3.05) is 13.1 Å². The molecule has 4 fully saturated rings. The number of halogens is 4. The number of carbonyl (C=O) groups excluding carboxylic acids is 1. The quantitative estimate of drug-likeness (QED) is 0.0806. The van der Waals surface area contributed by atoms with Crippen LogP contribution in [-0.2, 0) is 16.1 Å². The molecule has 63 heavy (non-hydrogen) atoms. The number of hydrogen-bond acceptors (Lipinski definition) is 7. The lowest BCUT2D eigenvalue weighted by molar-refractivity contribution is -0.164. The molecule has 2 spiro atoms. The van der Waals surface area contributed by atoms with Gasteiger partial charge in [-0.15, -0.1) is 0 Å². The van der Waals surface area contributed by atoms with Crippen LogP contribution in [0.25, 0.3) is 21.5 Å². The van der Waals surface area contributed by atoms with Gasteiger partial charge in [0.05, 0.1) is 25.3 Å². The normalized spacial score (nSPS) is 19.9. The maximum Gasteiger partial charge on any atom is 0.375 e. The summed E-state index contributed by atoms with van der Waals surface area (Å²) in [6, 6.07) is 23.8. The Hall–Kier alpha value is -4.75. The lowest BCUT2D eigenvalue weighted by Gasteiger charge is -2.42. The summed E-state index contributed by atoms with van der Waals surface area (Å²) in [6.07, 6.45) is 25.6. The van der Waals surface area contributed by atoms with Crippen molar-refractivity contribution in [3.63, 3.8) is 0 Å². The molecule has 4 saturated carbocycles. The molecule has 0 saturated heterocycles. The molecule has 9 nitrogen and oxygen atoms in total. The molecule has 0 amide bonds. The maximum absolute atomic E-state index is 13.2. The number of rotatable bonds is 12. The molecular weight excluding hydrogens is 817 g/mol. The van der Waals surface area contributed by atoms with Crippen LogP contribution in [0.2, 0.25) is 0 Å². The number of hydrogen-bond donors (Lipinski definition) is 4. The number of alkyl halides is 4. The summed E-state index contributed by atoms with van der Waals surface area (Å²) in [4.78, 5) is 30.8. The molecule has 0 aromatic heterocycles. The summed E-state index contributed by atoms with van der Waals surface area (Å²) in [6.45, 7) is -1.86. The summed E-state index contributed by atoms with van der Waals surface area (Å²) >= 11 is 0. The van der Waals surface area contributed by atoms with E-state index >= 15 is 0 Å². The predicted molar refractivity (Wildman–Crippen MR) is 236 cm³/mol. The van der Waals surface area contributed by atoms with Crippen LogP contribution in [0, 0.1) is 10.8 Å². The Morgan fingerprint density at radius 3 is 1.48 bits per heavy atom. The Kier molecular flexibility index (Phi) is 16.1. The van der Waals surface area contributed by atoms with Gasteiger partial charge in [0, 0.05) is 12.1 Å². The van der Waals surface area contributed by atoms with Gasteiger partial charge in [-0.05, 0) is 151 Å². The van der Waals surface area contributed by atoms with Gasteiger partial charge >= 0.3 is 23.8 Å². The van der Waals surface area contributed by atoms with Crippen LogP contribution in [0.3, 0.4) is 0 Å². The molecule has 0 heterocycles. The fraction of sp³-hybridized carbons (Fsp3) is 0.540. The van der Waals surface area contributed by atoms with Crippen molar-refractivity contribution in [2.24, 2.45) is 16.6 Å². The molecular formula is C50H62F4N2O7. The van der Waals surface area contributed by atoms with Gasteiger partial charge < -0.3 is 30.7 Å². The van der Waals surface area contributed by atoms with Gasteiger partial charge in [-0.2, -0.15) is 17.6 Å². The highest BCUT2D eigenvalue weighted by Crippen LogP contribution is 2.49. The van der Waals surface area contributed by atoms with E-state index in [0.29, 0.717) is 16.9 Å². The van der Waals surface area contributed by atoms with E-state index in [9.17, 15) is 31.9 Å². The molecule has 342 valence electrons. The van der Waals surface area contributed by atoms with Gasteiger partial charge in [0.15, 0.2) is 0 Å². The SMILES string of the molecule is NCC(F)(F)C(=O)O.O=C(O)C(F)(F)CNCc1ccc2cc(OC3CCC4(CCCCC4)CC3)ccc2c1.O=Cc1ccc2cc(OC3CCC4(CCCCC4)CC3)ccc2c1. The fourth-order valence-corrected chi connectivity index (χ4v) is 10.0. The summed E-state index contributed by atoms with van der Waals surface area (Å²) in [5.74, 6) is -9.98. The van der Waals surface area contributed by atoms with E-state index in [0.717, 1.165) is 63.3 Å². The van der Waals surface area contributed by atoms with Crippen molar-refractivity contribution < 1.29 is 51.6 Å². The average molecular weight is 879 g/mol. The molecule has 0 atom stereocenters. The molecule has 0 bridgehead atoms. The number of nitrogens with two attached hydrogens (primary N) is 1. The fourth-order valence-electron chi connectivity index (χ4n) is 10.0. The smallest absolute Gasteiger partial charge is 0.375 e. The van der Waals surface area contributed by atoms with Crippen LogP contribution < -0.4 is 20.5 Å². The van der Waals surface area contributed by atoms with E-state index in [2.05, 4.69) is 23.2 Å². The average Bonchev–Trinajstić information content (AvgIpc) is 3.29. The van der Waals surface area contributed by atoms with Gasteiger partial charge in [-0.25, -0.2) is 9.59 Å². The van der Waals surface area contributed by atoms with Gasteiger partial charge in [0.1, 0.15) is 17.8 Å². The van der Waals surface area contributed by atoms with E-state index in [1.165, 1.54) is 103 Å². The highest BCUT2D eigenvalue weighted by Gasteiger charge is 2.39. The zero-order valence-corrected chi connectivity index (χ0v) is 36.0. The van der Waals surface area contributed by atoms with Crippen LogP contribution in [0.1, 0.15) is 131 Å². The van der Waals surface area contributed by atoms with Gasteiger partial charge in [0.25, 0.3) is 0 Å². The number of aliphatic carboxylic acids is 2. The minimum absolute atomic E-state index is 0.181. The molecule has 0 radical (unpaired) electrons. The Morgan fingerprint density at radius 2 is 1.05 bits per heavy atom. The summed E-state index contributed by atoms with van der Waals surface area (Å²) < 4.78 is 62.0. The second-order valence-electron chi connectivity index (χ2n) is 18.3. The van der Waals surface area contributed by atoms with Crippen molar-refractivity contribution in [2.45, 2.75) is 146 Å². The second kappa shape index (κ2) is 21.3. The number of carboxylic acids is 2. The third-order valence-electron chi connectivity index (χ3n) is 13.8. The van der Waals surface area contributed by atoms with E-state index in [1.807, 2.05) is 60.7 Å². The molecule has 0 aliphatic heterocycles. The number of fused-ring (bicyclic) bond motifs is 2. The zero-order chi connectivity index (χ0) is 45.1. The predicted octanol–water partition coefficient (Wildman–Crippen LogP) is 11.5. The largest absolute Gasteiger partial charge is 0.490 e. The number of aldehydes is 1. The highest BCUT2D eigenvalue weighted by atomic mass is 19.3. The highest BCUT2D eigenvalue weighted by molar-refractivity contribution is 5.89. The van der Waals surface area contributed by atoms with Crippen molar-refractivity contribution in [1.29, 1.82) is 0 Å². The lowest BCUT2D eigenvalue weighted by Crippen LogP contribution is -2.39.